The van der Waals surface area contributed by atoms with Crippen molar-refractivity contribution in [2.45, 2.75) is 69.6 Å². The average Bonchev–Trinajstić information content (AvgIpc) is 3.47. The number of aliphatic hydroxyl groups is 1. The summed E-state index contributed by atoms with van der Waals surface area (Å²) in [6.07, 6.45) is 3.97. The Bertz CT molecular complexity index is 1690. The van der Waals surface area contributed by atoms with Gasteiger partial charge in [-0.15, -0.1) is 13.2 Å². The van der Waals surface area contributed by atoms with Gasteiger partial charge >= 0.3 is 12.1 Å². The number of fused-ring (bicyclic) bond motifs is 4. The maximum atomic E-state index is 13.4. The van der Waals surface area contributed by atoms with Crippen LogP contribution in [0.3, 0.4) is 0 Å². The molecule has 3 aromatic rings. The predicted molar refractivity (Wildman–Crippen MR) is 194 cm³/mol. The molecule has 1 aliphatic heterocycles. The summed E-state index contributed by atoms with van der Waals surface area (Å²) in [4.78, 5) is 54.5. The van der Waals surface area contributed by atoms with Crippen molar-refractivity contribution < 1.29 is 33.8 Å². The molecule has 0 unspecified atom stereocenters. The van der Waals surface area contributed by atoms with Crippen LogP contribution in [-0.2, 0) is 36.8 Å². The lowest BCUT2D eigenvalue weighted by Crippen LogP contribution is -2.48. The summed E-state index contributed by atoms with van der Waals surface area (Å²) in [5.74, 6) is -2.08. The van der Waals surface area contributed by atoms with E-state index in [1.807, 2.05) is 60.7 Å². The van der Waals surface area contributed by atoms with Crippen LogP contribution >= 0.6 is 0 Å². The molecule has 0 saturated carbocycles. The number of carbonyl (C=O) groups is 4. The van der Waals surface area contributed by atoms with Crippen LogP contribution in [-0.4, -0.2) is 71.8 Å². The van der Waals surface area contributed by atoms with Gasteiger partial charge in [0.15, 0.2) is 0 Å². The van der Waals surface area contributed by atoms with Gasteiger partial charge in [0.1, 0.15) is 19.3 Å². The molecule has 0 aromatic heterocycles. The van der Waals surface area contributed by atoms with Crippen LogP contribution in [0.25, 0.3) is 11.1 Å². The summed E-state index contributed by atoms with van der Waals surface area (Å²) in [7, 11) is 0. The Morgan fingerprint density at radius 3 is 2.20 bits per heavy atom. The molecule has 3 amide bonds. The van der Waals surface area contributed by atoms with Crippen LogP contribution in [0.2, 0.25) is 0 Å². The van der Waals surface area contributed by atoms with Gasteiger partial charge in [0.2, 0.25) is 11.8 Å². The van der Waals surface area contributed by atoms with Crippen molar-refractivity contribution in [2.75, 3.05) is 19.8 Å². The fourth-order valence-corrected chi connectivity index (χ4v) is 6.88. The first-order valence-corrected chi connectivity index (χ1v) is 17.5. The molecule has 0 bridgehead atoms. The van der Waals surface area contributed by atoms with Gasteiger partial charge in [0.05, 0.1) is 24.6 Å². The number of hydrogen-bond donors (Lipinski definition) is 3. The third-order valence-electron chi connectivity index (χ3n) is 9.57. The second-order valence-corrected chi connectivity index (χ2v) is 13.2. The largest absolute Gasteiger partial charge is 0.462 e. The molecule has 2 aliphatic rings. The van der Waals surface area contributed by atoms with Crippen LogP contribution in [0.15, 0.2) is 98.1 Å². The minimum atomic E-state index is -0.984. The zero-order chi connectivity index (χ0) is 36.3. The fraction of sp³-hybridized carbons (Fsp3) is 0.366. The van der Waals surface area contributed by atoms with E-state index >= 15 is 0 Å². The first-order valence-electron chi connectivity index (χ1n) is 17.5. The molecule has 4 atom stereocenters. The van der Waals surface area contributed by atoms with E-state index < -0.39 is 30.1 Å². The van der Waals surface area contributed by atoms with Crippen molar-refractivity contribution in [3.8, 4) is 11.1 Å². The minimum absolute atomic E-state index is 0.0588. The van der Waals surface area contributed by atoms with Gasteiger partial charge < -0.3 is 30.1 Å². The summed E-state index contributed by atoms with van der Waals surface area (Å²) < 4.78 is 11.2. The number of esters is 1. The van der Waals surface area contributed by atoms with Crippen molar-refractivity contribution in [2.24, 2.45) is 5.92 Å². The second-order valence-electron chi connectivity index (χ2n) is 13.2. The van der Waals surface area contributed by atoms with Crippen molar-refractivity contribution in [3.05, 3.63) is 120 Å². The Labute approximate surface area is 299 Å². The molecular weight excluding hydrogens is 646 g/mol. The van der Waals surface area contributed by atoms with E-state index in [9.17, 15) is 24.3 Å². The van der Waals surface area contributed by atoms with Gasteiger partial charge in [-0.05, 0) is 66.0 Å². The van der Waals surface area contributed by atoms with E-state index in [1.54, 1.807) is 24.0 Å². The highest BCUT2D eigenvalue weighted by molar-refractivity contribution is 5.86. The lowest BCUT2D eigenvalue weighted by Gasteiger charge is -2.36. The first-order chi connectivity index (χ1) is 24.7. The van der Waals surface area contributed by atoms with E-state index in [0.717, 1.165) is 33.4 Å². The zero-order valence-corrected chi connectivity index (χ0v) is 29.1. The van der Waals surface area contributed by atoms with E-state index in [-0.39, 0.29) is 62.9 Å². The van der Waals surface area contributed by atoms with E-state index in [1.165, 1.54) is 0 Å². The number of nitrogens with one attached hydrogen (secondary N) is 2. The Morgan fingerprint density at radius 2 is 1.55 bits per heavy atom. The molecule has 5 rings (SSSR count). The Balaban J connectivity index is 1.12. The molecule has 10 nitrogen and oxygen atoms in total. The molecule has 0 radical (unpaired) electrons. The second kappa shape index (κ2) is 17.6. The minimum Gasteiger partial charge on any atom is -0.462 e. The standard InChI is InChI=1S/C41H47N3O7/c1-4-6-20-37(43-41(49)51-26-36-34-18-11-9-16-32(34)33-17-10-12-19-35(33)36)40(48)50-25-27(3)42-39(47)29(13-5-2)22-38(46)44-23-30-15-8-7-14-28(30)21-31(44)24-45/h4-5,7-12,14-19,27,29,31,36-37,45H,1-2,6,13,20-26H2,3H3,(H,42,47)(H,43,49)/t27-,29-,31-,37-/m0/s1. The molecule has 0 saturated heterocycles. The molecule has 0 spiro atoms. The smallest absolute Gasteiger partial charge is 0.407 e. The first kappa shape index (κ1) is 37.0. The molecule has 268 valence electrons. The monoisotopic (exact) mass is 693 g/mol. The highest BCUT2D eigenvalue weighted by atomic mass is 16.6. The molecule has 0 fully saturated rings. The number of rotatable bonds is 16. The molecule has 10 heteroatoms. The number of amides is 3. The summed E-state index contributed by atoms with van der Waals surface area (Å²) in [6, 6.07) is 22.0. The molecule has 51 heavy (non-hydrogen) atoms. The number of ether oxygens (including phenoxy) is 2. The fourth-order valence-electron chi connectivity index (χ4n) is 6.88. The Hall–Kier alpha value is -5.22. The molecule has 3 N–H and O–H groups in total. The SMILES string of the molecule is C=CCC[C@H](NC(=O)OCC1c2ccccc2-c2ccccc21)C(=O)OC[C@H](C)NC(=O)[C@@H](CC=C)CC(=O)N1Cc2ccccc2C[C@H]1CO. The number of nitrogens with zero attached hydrogens (tertiary/aromatic N) is 1. The quantitative estimate of drug-likeness (QED) is 0.135. The summed E-state index contributed by atoms with van der Waals surface area (Å²) in [5, 5.41) is 15.5. The van der Waals surface area contributed by atoms with Crippen molar-refractivity contribution in [1.29, 1.82) is 0 Å². The van der Waals surface area contributed by atoms with Crippen LogP contribution < -0.4 is 10.6 Å². The van der Waals surface area contributed by atoms with E-state index in [2.05, 4.69) is 35.9 Å². The highest BCUT2D eigenvalue weighted by Gasteiger charge is 2.33. The number of benzene rings is 3. The van der Waals surface area contributed by atoms with Gasteiger partial charge in [-0.25, -0.2) is 9.59 Å². The summed E-state index contributed by atoms with van der Waals surface area (Å²) in [6.45, 7) is 9.32. The number of aliphatic hydroxyl groups excluding tert-OH is 1. The van der Waals surface area contributed by atoms with E-state index in [0.29, 0.717) is 19.4 Å². The van der Waals surface area contributed by atoms with Gasteiger partial charge in [0, 0.05) is 18.9 Å². The van der Waals surface area contributed by atoms with Crippen molar-refractivity contribution in [3.63, 3.8) is 0 Å². The lowest BCUT2D eigenvalue weighted by molar-refractivity contribution is -0.147. The molecule has 3 aromatic carbocycles. The average molecular weight is 694 g/mol. The lowest BCUT2D eigenvalue weighted by atomic mass is 9.92. The number of allylic oxidation sites excluding steroid dienone is 2. The number of hydrogen-bond acceptors (Lipinski definition) is 7. The molecule has 1 aliphatic carbocycles. The molecule has 1 heterocycles. The third-order valence-corrected chi connectivity index (χ3v) is 9.57. The van der Waals surface area contributed by atoms with Gasteiger partial charge in [0.25, 0.3) is 0 Å². The maximum absolute atomic E-state index is 13.4. The van der Waals surface area contributed by atoms with E-state index in [4.69, 9.17) is 9.47 Å². The van der Waals surface area contributed by atoms with Gasteiger partial charge in [-0.3, -0.25) is 9.59 Å². The van der Waals surface area contributed by atoms with Crippen LogP contribution in [0.4, 0.5) is 4.79 Å². The van der Waals surface area contributed by atoms with Gasteiger partial charge in [-0.2, -0.15) is 0 Å². The summed E-state index contributed by atoms with van der Waals surface area (Å²) in [5.41, 5.74) is 6.51. The number of alkyl carbamates (subject to hydrolysis) is 1. The van der Waals surface area contributed by atoms with Gasteiger partial charge in [-0.1, -0.05) is 84.9 Å². The van der Waals surface area contributed by atoms with Crippen molar-refractivity contribution >= 4 is 23.9 Å². The Kier molecular flexibility index (Phi) is 12.8. The van der Waals surface area contributed by atoms with Crippen molar-refractivity contribution in [1.82, 2.24) is 15.5 Å². The predicted octanol–water partition coefficient (Wildman–Crippen LogP) is 5.44. The zero-order valence-electron chi connectivity index (χ0n) is 29.1. The van der Waals surface area contributed by atoms with Crippen LogP contribution in [0.1, 0.15) is 60.8 Å². The van der Waals surface area contributed by atoms with Crippen LogP contribution in [0, 0.1) is 5.92 Å². The maximum Gasteiger partial charge on any atom is 0.407 e. The normalized spacial score (nSPS) is 16.4. The number of carbonyl (C=O) groups excluding carboxylic acids is 4. The third kappa shape index (κ3) is 9.12. The van der Waals surface area contributed by atoms with Crippen LogP contribution in [0.5, 0.6) is 0 Å². The summed E-state index contributed by atoms with van der Waals surface area (Å²) >= 11 is 0. The molecular formula is C41H47N3O7. The topological polar surface area (TPSA) is 134 Å². The highest BCUT2D eigenvalue weighted by Crippen LogP contribution is 2.44. The Morgan fingerprint density at radius 1 is 0.902 bits per heavy atom.